The second kappa shape index (κ2) is 3.11. The van der Waals surface area contributed by atoms with Gasteiger partial charge in [-0.1, -0.05) is 6.92 Å². The Hall–Kier alpha value is -1.77. The molecule has 0 saturated heterocycles. The van der Waals surface area contributed by atoms with Gasteiger partial charge in [0, 0.05) is 29.0 Å². The average molecular weight is 216 g/mol. The highest BCUT2D eigenvalue weighted by atomic mass is 16.5. The molecular formula is C13H12O3. The van der Waals surface area contributed by atoms with Gasteiger partial charge in [-0.25, -0.2) is 4.79 Å². The van der Waals surface area contributed by atoms with Crippen molar-refractivity contribution >= 4 is 11.0 Å². The highest BCUT2D eigenvalue weighted by molar-refractivity contribution is 5.83. The zero-order valence-corrected chi connectivity index (χ0v) is 9.24. The molecule has 3 nitrogen and oxygen atoms in total. The van der Waals surface area contributed by atoms with Crippen LogP contribution in [0.4, 0.5) is 0 Å². The Balaban J connectivity index is 2.39. The molecule has 2 heterocycles. The Kier molecular flexibility index (Phi) is 1.84. The Labute approximate surface area is 92.6 Å². The molecule has 0 bridgehead atoms. The summed E-state index contributed by atoms with van der Waals surface area (Å²) in [5.74, 6) is 1.25. The Morgan fingerprint density at radius 3 is 2.94 bits per heavy atom. The SMILES string of the molecule is Cc1cc(=O)oc2cc3c(cc12)[C@H](C)CO3. The van der Waals surface area contributed by atoms with Crippen LogP contribution in [0.2, 0.25) is 0 Å². The normalized spacial score (nSPS) is 18.5. The predicted octanol–water partition coefficient (Wildman–Crippen LogP) is 2.60. The van der Waals surface area contributed by atoms with Crippen LogP contribution in [-0.4, -0.2) is 6.61 Å². The van der Waals surface area contributed by atoms with Gasteiger partial charge < -0.3 is 9.15 Å². The van der Waals surface area contributed by atoms with E-state index in [-0.39, 0.29) is 5.63 Å². The summed E-state index contributed by atoms with van der Waals surface area (Å²) in [5.41, 5.74) is 2.45. The first-order chi connectivity index (χ1) is 7.65. The van der Waals surface area contributed by atoms with E-state index in [0.717, 1.165) is 16.7 Å². The third kappa shape index (κ3) is 1.24. The maximum atomic E-state index is 11.3. The van der Waals surface area contributed by atoms with Gasteiger partial charge in [-0.3, -0.25) is 0 Å². The van der Waals surface area contributed by atoms with Crippen LogP contribution in [0.15, 0.2) is 27.4 Å². The summed E-state index contributed by atoms with van der Waals surface area (Å²) in [6.07, 6.45) is 0. The molecule has 82 valence electrons. The number of rotatable bonds is 0. The first-order valence-electron chi connectivity index (χ1n) is 5.36. The molecule has 0 amide bonds. The van der Waals surface area contributed by atoms with E-state index >= 15 is 0 Å². The number of ether oxygens (including phenoxy) is 1. The van der Waals surface area contributed by atoms with E-state index in [4.69, 9.17) is 9.15 Å². The fraction of sp³-hybridized carbons (Fsp3) is 0.308. The lowest BCUT2D eigenvalue weighted by molar-refractivity contribution is 0.337. The largest absolute Gasteiger partial charge is 0.493 e. The molecule has 0 saturated carbocycles. The summed E-state index contributed by atoms with van der Waals surface area (Å²) < 4.78 is 10.7. The Bertz CT molecular complexity index is 625. The number of benzene rings is 1. The first-order valence-corrected chi connectivity index (χ1v) is 5.36. The van der Waals surface area contributed by atoms with Gasteiger partial charge in [-0.2, -0.15) is 0 Å². The Morgan fingerprint density at radius 1 is 1.31 bits per heavy atom. The van der Waals surface area contributed by atoms with Gasteiger partial charge in [0.1, 0.15) is 11.3 Å². The maximum Gasteiger partial charge on any atom is 0.336 e. The topological polar surface area (TPSA) is 39.4 Å². The minimum atomic E-state index is -0.309. The van der Waals surface area contributed by atoms with Crippen LogP contribution in [0.3, 0.4) is 0 Å². The van der Waals surface area contributed by atoms with Crippen LogP contribution in [-0.2, 0) is 0 Å². The molecule has 1 aliphatic heterocycles. The summed E-state index contributed by atoms with van der Waals surface area (Å²) >= 11 is 0. The molecule has 3 heteroatoms. The minimum absolute atomic E-state index is 0.309. The highest BCUT2D eigenvalue weighted by Gasteiger charge is 2.21. The van der Waals surface area contributed by atoms with Gasteiger partial charge in [0.05, 0.1) is 6.61 Å². The van der Waals surface area contributed by atoms with Crippen molar-refractivity contribution in [3.8, 4) is 5.75 Å². The van der Waals surface area contributed by atoms with Crippen LogP contribution in [0.1, 0.15) is 24.0 Å². The number of hydrogen-bond acceptors (Lipinski definition) is 3. The number of hydrogen-bond donors (Lipinski definition) is 0. The van der Waals surface area contributed by atoms with Crippen molar-refractivity contribution in [3.05, 3.63) is 39.7 Å². The monoisotopic (exact) mass is 216 g/mol. The molecule has 0 N–H and O–H groups in total. The third-order valence-corrected chi connectivity index (χ3v) is 3.10. The van der Waals surface area contributed by atoms with Crippen LogP contribution in [0, 0.1) is 6.92 Å². The summed E-state index contributed by atoms with van der Waals surface area (Å²) in [5, 5.41) is 0.996. The van der Waals surface area contributed by atoms with Crippen LogP contribution >= 0.6 is 0 Å². The Morgan fingerprint density at radius 2 is 2.12 bits per heavy atom. The van der Waals surface area contributed by atoms with Gasteiger partial charge in [-0.15, -0.1) is 0 Å². The van der Waals surface area contributed by atoms with Crippen molar-refractivity contribution in [2.45, 2.75) is 19.8 Å². The zero-order chi connectivity index (χ0) is 11.3. The summed E-state index contributed by atoms with van der Waals surface area (Å²) in [4.78, 5) is 11.3. The van der Waals surface area contributed by atoms with Crippen molar-refractivity contribution in [1.82, 2.24) is 0 Å². The number of fused-ring (bicyclic) bond motifs is 2. The van der Waals surface area contributed by atoms with Gasteiger partial charge >= 0.3 is 5.63 Å². The molecule has 0 fully saturated rings. The molecule has 0 aliphatic carbocycles. The van der Waals surface area contributed by atoms with Crippen molar-refractivity contribution < 1.29 is 9.15 Å². The van der Waals surface area contributed by atoms with E-state index in [1.165, 1.54) is 11.6 Å². The summed E-state index contributed by atoms with van der Waals surface area (Å²) in [6.45, 7) is 4.76. The molecule has 1 aromatic carbocycles. The molecular weight excluding hydrogens is 204 g/mol. The van der Waals surface area contributed by atoms with E-state index in [1.807, 2.05) is 13.0 Å². The molecule has 0 radical (unpaired) electrons. The lowest BCUT2D eigenvalue weighted by Gasteiger charge is -2.04. The average Bonchev–Trinajstić information content (AvgIpc) is 2.57. The summed E-state index contributed by atoms with van der Waals surface area (Å²) in [6, 6.07) is 5.42. The van der Waals surface area contributed by atoms with Crippen molar-refractivity contribution in [2.24, 2.45) is 0 Å². The van der Waals surface area contributed by atoms with E-state index in [9.17, 15) is 4.79 Å². The van der Waals surface area contributed by atoms with Crippen LogP contribution in [0.5, 0.6) is 5.75 Å². The number of aryl methyl sites for hydroxylation is 1. The second-order valence-electron chi connectivity index (χ2n) is 4.35. The molecule has 0 unspecified atom stereocenters. The van der Waals surface area contributed by atoms with Crippen molar-refractivity contribution in [1.29, 1.82) is 0 Å². The van der Waals surface area contributed by atoms with Crippen LogP contribution in [0.25, 0.3) is 11.0 Å². The molecule has 3 rings (SSSR count). The van der Waals surface area contributed by atoms with Gasteiger partial charge in [0.15, 0.2) is 0 Å². The van der Waals surface area contributed by atoms with E-state index in [2.05, 4.69) is 13.0 Å². The standard InChI is InChI=1S/C13H12O3/c1-7-3-13(14)16-12-5-11-10(4-9(7)12)8(2)6-15-11/h3-5,8H,6H2,1-2H3/t8-/m1/s1. The second-order valence-corrected chi connectivity index (χ2v) is 4.35. The van der Waals surface area contributed by atoms with Crippen LogP contribution < -0.4 is 10.4 Å². The molecule has 16 heavy (non-hydrogen) atoms. The van der Waals surface area contributed by atoms with Crippen molar-refractivity contribution in [3.63, 3.8) is 0 Å². The first kappa shape index (κ1) is 9.46. The lowest BCUT2D eigenvalue weighted by atomic mass is 10.00. The zero-order valence-electron chi connectivity index (χ0n) is 9.24. The molecule has 1 aliphatic rings. The highest BCUT2D eigenvalue weighted by Crippen LogP contribution is 2.37. The van der Waals surface area contributed by atoms with Gasteiger partial charge in [0.2, 0.25) is 0 Å². The van der Waals surface area contributed by atoms with E-state index in [1.54, 1.807) is 0 Å². The maximum absolute atomic E-state index is 11.3. The van der Waals surface area contributed by atoms with E-state index < -0.39 is 0 Å². The molecule has 0 spiro atoms. The van der Waals surface area contributed by atoms with E-state index in [0.29, 0.717) is 18.1 Å². The fourth-order valence-electron chi connectivity index (χ4n) is 2.18. The smallest absolute Gasteiger partial charge is 0.336 e. The minimum Gasteiger partial charge on any atom is -0.493 e. The summed E-state index contributed by atoms with van der Waals surface area (Å²) in [7, 11) is 0. The molecule has 1 atom stereocenters. The lowest BCUT2D eigenvalue weighted by Crippen LogP contribution is -1.98. The predicted molar refractivity (Wildman–Crippen MR) is 61.1 cm³/mol. The van der Waals surface area contributed by atoms with Gasteiger partial charge in [0.25, 0.3) is 0 Å². The van der Waals surface area contributed by atoms with Crippen molar-refractivity contribution in [2.75, 3.05) is 6.61 Å². The fourth-order valence-corrected chi connectivity index (χ4v) is 2.18. The molecule has 2 aromatic rings. The molecule has 1 aromatic heterocycles. The quantitative estimate of drug-likeness (QED) is 0.635. The van der Waals surface area contributed by atoms with Gasteiger partial charge in [-0.05, 0) is 18.6 Å². The third-order valence-electron chi connectivity index (χ3n) is 3.10.